The zero-order valence-corrected chi connectivity index (χ0v) is 9.77. The smallest absolute Gasteiger partial charge is 0.128 e. The molecule has 1 rings (SSSR count). The van der Waals surface area contributed by atoms with Crippen molar-refractivity contribution in [2.75, 3.05) is 18.0 Å². The van der Waals surface area contributed by atoms with Crippen LogP contribution in [0, 0.1) is 5.92 Å². The first-order valence-corrected chi connectivity index (χ1v) is 5.48. The molecule has 84 valence electrons. The van der Waals surface area contributed by atoms with Crippen LogP contribution in [0.1, 0.15) is 26.3 Å². The highest BCUT2D eigenvalue weighted by Gasteiger charge is 2.07. The van der Waals surface area contributed by atoms with Gasteiger partial charge in [0.05, 0.1) is 6.61 Å². The SMILES string of the molecule is CCN(CC(C)C)c1ccc(CO)cn1. The lowest BCUT2D eigenvalue weighted by atomic mass is 10.2. The summed E-state index contributed by atoms with van der Waals surface area (Å²) in [6.07, 6.45) is 1.73. The highest BCUT2D eigenvalue weighted by molar-refractivity contribution is 5.39. The quantitative estimate of drug-likeness (QED) is 0.804. The third kappa shape index (κ3) is 3.51. The molecule has 0 bridgehead atoms. The molecule has 1 aromatic rings. The monoisotopic (exact) mass is 208 g/mol. The van der Waals surface area contributed by atoms with E-state index in [0.29, 0.717) is 5.92 Å². The van der Waals surface area contributed by atoms with E-state index in [9.17, 15) is 0 Å². The average Bonchev–Trinajstić information content (AvgIpc) is 2.26. The van der Waals surface area contributed by atoms with Gasteiger partial charge in [-0.3, -0.25) is 0 Å². The molecule has 0 atom stereocenters. The molecular formula is C12H20N2O. The first kappa shape index (κ1) is 12.0. The molecule has 3 heteroatoms. The van der Waals surface area contributed by atoms with Gasteiger partial charge in [-0.1, -0.05) is 19.9 Å². The van der Waals surface area contributed by atoms with Crippen LogP contribution in [0.15, 0.2) is 18.3 Å². The molecule has 0 saturated heterocycles. The number of aliphatic hydroxyl groups is 1. The molecule has 1 aromatic heterocycles. The zero-order chi connectivity index (χ0) is 11.3. The summed E-state index contributed by atoms with van der Waals surface area (Å²) >= 11 is 0. The number of aromatic nitrogens is 1. The van der Waals surface area contributed by atoms with Crippen LogP contribution in [-0.4, -0.2) is 23.2 Å². The number of hydrogen-bond acceptors (Lipinski definition) is 3. The van der Waals surface area contributed by atoms with E-state index in [0.717, 1.165) is 24.5 Å². The minimum absolute atomic E-state index is 0.0591. The number of anilines is 1. The molecule has 0 unspecified atom stereocenters. The molecule has 15 heavy (non-hydrogen) atoms. The summed E-state index contributed by atoms with van der Waals surface area (Å²) in [5, 5.41) is 8.92. The van der Waals surface area contributed by atoms with E-state index >= 15 is 0 Å². The van der Waals surface area contributed by atoms with Crippen LogP contribution in [0.3, 0.4) is 0 Å². The first-order chi connectivity index (χ1) is 7.17. The van der Waals surface area contributed by atoms with Crippen LogP contribution in [0.5, 0.6) is 0 Å². The van der Waals surface area contributed by atoms with Crippen molar-refractivity contribution in [3.8, 4) is 0 Å². The predicted molar refractivity (Wildman–Crippen MR) is 62.9 cm³/mol. The highest BCUT2D eigenvalue weighted by Crippen LogP contribution is 2.12. The van der Waals surface area contributed by atoms with Crippen LogP contribution < -0.4 is 4.90 Å². The maximum Gasteiger partial charge on any atom is 0.128 e. The normalized spacial score (nSPS) is 10.7. The van der Waals surface area contributed by atoms with Crippen molar-refractivity contribution >= 4 is 5.82 Å². The molecule has 0 aliphatic heterocycles. The summed E-state index contributed by atoms with van der Waals surface area (Å²) in [7, 11) is 0. The Balaban J connectivity index is 2.74. The van der Waals surface area contributed by atoms with E-state index in [1.165, 1.54) is 0 Å². The maximum atomic E-state index is 8.92. The van der Waals surface area contributed by atoms with E-state index in [1.807, 2.05) is 12.1 Å². The Labute approximate surface area is 91.8 Å². The standard InChI is InChI=1S/C12H20N2O/c1-4-14(8-10(2)3)12-6-5-11(9-15)7-13-12/h5-7,10,15H,4,8-9H2,1-3H3. The second-order valence-electron chi connectivity index (χ2n) is 4.12. The number of rotatable bonds is 5. The van der Waals surface area contributed by atoms with Crippen molar-refractivity contribution in [2.24, 2.45) is 5.92 Å². The van der Waals surface area contributed by atoms with Crippen molar-refractivity contribution in [3.63, 3.8) is 0 Å². The van der Waals surface area contributed by atoms with E-state index in [1.54, 1.807) is 6.20 Å². The lowest BCUT2D eigenvalue weighted by Crippen LogP contribution is -2.27. The van der Waals surface area contributed by atoms with Gasteiger partial charge < -0.3 is 10.0 Å². The van der Waals surface area contributed by atoms with Crippen molar-refractivity contribution in [2.45, 2.75) is 27.4 Å². The van der Waals surface area contributed by atoms with Crippen LogP contribution >= 0.6 is 0 Å². The lowest BCUT2D eigenvalue weighted by molar-refractivity contribution is 0.281. The summed E-state index contributed by atoms with van der Waals surface area (Å²) < 4.78 is 0. The largest absolute Gasteiger partial charge is 0.392 e. The van der Waals surface area contributed by atoms with Gasteiger partial charge in [0.25, 0.3) is 0 Å². The minimum atomic E-state index is 0.0591. The van der Waals surface area contributed by atoms with Gasteiger partial charge in [-0.2, -0.15) is 0 Å². The molecule has 0 spiro atoms. The molecule has 0 aliphatic rings. The van der Waals surface area contributed by atoms with E-state index < -0.39 is 0 Å². The molecule has 0 aromatic carbocycles. The zero-order valence-electron chi connectivity index (χ0n) is 9.77. The van der Waals surface area contributed by atoms with E-state index in [2.05, 4.69) is 30.7 Å². The molecule has 1 N–H and O–H groups in total. The molecule has 0 saturated carbocycles. The van der Waals surface area contributed by atoms with Gasteiger partial charge in [0.15, 0.2) is 0 Å². The fraction of sp³-hybridized carbons (Fsp3) is 0.583. The first-order valence-electron chi connectivity index (χ1n) is 5.48. The predicted octanol–water partition coefficient (Wildman–Crippen LogP) is 2.06. The molecule has 0 aliphatic carbocycles. The van der Waals surface area contributed by atoms with Crippen LogP contribution in [0.2, 0.25) is 0 Å². The number of nitrogens with zero attached hydrogens (tertiary/aromatic N) is 2. The average molecular weight is 208 g/mol. The van der Waals surface area contributed by atoms with Gasteiger partial charge in [0.1, 0.15) is 5.82 Å². The van der Waals surface area contributed by atoms with Crippen LogP contribution in [0.25, 0.3) is 0 Å². The van der Waals surface area contributed by atoms with Gasteiger partial charge in [0, 0.05) is 19.3 Å². The van der Waals surface area contributed by atoms with Gasteiger partial charge >= 0.3 is 0 Å². The fourth-order valence-corrected chi connectivity index (χ4v) is 1.52. The Morgan fingerprint density at radius 3 is 2.53 bits per heavy atom. The van der Waals surface area contributed by atoms with Gasteiger partial charge in [0.2, 0.25) is 0 Å². The summed E-state index contributed by atoms with van der Waals surface area (Å²) in [5.41, 5.74) is 0.861. The molecule has 3 nitrogen and oxygen atoms in total. The van der Waals surface area contributed by atoms with Crippen molar-refractivity contribution < 1.29 is 5.11 Å². The molecule has 0 fully saturated rings. The highest BCUT2D eigenvalue weighted by atomic mass is 16.3. The lowest BCUT2D eigenvalue weighted by Gasteiger charge is -2.23. The van der Waals surface area contributed by atoms with Crippen molar-refractivity contribution in [1.82, 2.24) is 4.98 Å². The Morgan fingerprint density at radius 2 is 2.13 bits per heavy atom. The Kier molecular flexibility index (Phi) is 4.56. The summed E-state index contributed by atoms with van der Waals surface area (Å²) in [6, 6.07) is 3.89. The number of pyridine rings is 1. The molecule has 0 radical (unpaired) electrons. The van der Waals surface area contributed by atoms with E-state index in [4.69, 9.17) is 5.11 Å². The second-order valence-corrected chi connectivity index (χ2v) is 4.12. The summed E-state index contributed by atoms with van der Waals surface area (Å²) in [4.78, 5) is 6.58. The Bertz CT molecular complexity index is 282. The fourth-order valence-electron chi connectivity index (χ4n) is 1.52. The molecule has 0 amide bonds. The molecule has 1 heterocycles. The number of aliphatic hydroxyl groups excluding tert-OH is 1. The second kappa shape index (κ2) is 5.71. The van der Waals surface area contributed by atoms with Crippen molar-refractivity contribution in [3.05, 3.63) is 23.9 Å². The summed E-state index contributed by atoms with van der Waals surface area (Å²) in [5.74, 6) is 1.62. The van der Waals surface area contributed by atoms with Gasteiger partial charge in [-0.25, -0.2) is 4.98 Å². The maximum absolute atomic E-state index is 8.92. The Hall–Kier alpha value is -1.09. The third-order valence-electron chi connectivity index (χ3n) is 2.28. The van der Waals surface area contributed by atoms with Crippen LogP contribution in [-0.2, 0) is 6.61 Å². The topological polar surface area (TPSA) is 36.4 Å². The van der Waals surface area contributed by atoms with Gasteiger partial charge in [-0.05, 0) is 24.5 Å². The van der Waals surface area contributed by atoms with Crippen molar-refractivity contribution in [1.29, 1.82) is 0 Å². The third-order valence-corrected chi connectivity index (χ3v) is 2.28. The Morgan fingerprint density at radius 1 is 1.40 bits per heavy atom. The summed E-state index contributed by atoms with van der Waals surface area (Å²) in [6.45, 7) is 8.56. The number of hydrogen-bond donors (Lipinski definition) is 1. The molecular weight excluding hydrogens is 188 g/mol. The van der Waals surface area contributed by atoms with E-state index in [-0.39, 0.29) is 6.61 Å². The minimum Gasteiger partial charge on any atom is -0.392 e. The van der Waals surface area contributed by atoms with Gasteiger partial charge in [-0.15, -0.1) is 0 Å². The van der Waals surface area contributed by atoms with Crippen LogP contribution in [0.4, 0.5) is 5.82 Å².